The lowest BCUT2D eigenvalue weighted by atomic mass is 10.6. The fourth-order valence-electron chi connectivity index (χ4n) is 0.436. The molecular weight excluding hydrogens is 201 g/mol. The van der Waals surface area contributed by atoms with Gasteiger partial charge in [-0.1, -0.05) is 0 Å². The Labute approximate surface area is 74.0 Å². The number of rotatable bonds is 3. The lowest BCUT2D eigenvalue weighted by Crippen LogP contribution is -2.37. The van der Waals surface area contributed by atoms with Gasteiger partial charge < -0.3 is 24.9 Å². The van der Waals surface area contributed by atoms with Gasteiger partial charge in [0.05, 0.1) is 0 Å². The third kappa shape index (κ3) is 6.09. The molecule has 0 aliphatic heterocycles. The van der Waals surface area contributed by atoms with E-state index in [0.29, 0.717) is 0 Å². The number of nitrogens with zero attached hydrogens (tertiary/aromatic N) is 1. The van der Waals surface area contributed by atoms with E-state index in [-0.39, 0.29) is 0 Å². The summed E-state index contributed by atoms with van der Waals surface area (Å²) in [6, 6.07) is 0. The quantitative estimate of drug-likeness (QED) is 0.273. The summed E-state index contributed by atoms with van der Waals surface area (Å²) in [5, 5.41) is 6.81. The Bertz CT molecular complexity index is 261. The van der Waals surface area contributed by atoms with E-state index in [1.807, 2.05) is 0 Å². The van der Waals surface area contributed by atoms with E-state index in [4.69, 9.17) is 16.0 Å². The van der Waals surface area contributed by atoms with Crippen LogP contribution in [-0.2, 0) is 13.9 Å². The van der Waals surface area contributed by atoms with Crippen LogP contribution < -0.4 is 10.6 Å². The summed E-state index contributed by atoms with van der Waals surface area (Å²) in [6.07, 6.45) is 0. The third-order valence-electron chi connectivity index (χ3n) is 0.995. The van der Waals surface area contributed by atoms with Crippen LogP contribution in [-0.4, -0.2) is 35.3 Å². The standard InChI is InChI=1S/C4H10N3O5P/c1-7(4(5)6)2-3(8)12-13(9,10)11/h2H2,1H3,(H3,5,6)(H2,9,10,11)/p-1. The van der Waals surface area contributed by atoms with Crippen LogP contribution in [0.1, 0.15) is 0 Å². The maximum absolute atomic E-state index is 10.6. The molecule has 0 saturated heterocycles. The van der Waals surface area contributed by atoms with Crippen LogP contribution in [0.3, 0.4) is 0 Å². The zero-order valence-corrected chi connectivity index (χ0v) is 7.65. The van der Waals surface area contributed by atoms with Crippen molar-refractivity contribution in [3.05, 3.63) is 0 Å². The number of carbonyl (C=O) groups excluding carboxylic acids is 1. The minimum absolute atomic E-state index is 0.421. The summed E-state index contributed by atoms with van der Waals surface area (Å²) in [5.41, 5.74) is 4.94. The van der Waals surface area contributed by atoms with Crippen molar-refractivity contribution < 1.29 is 23.7 Å². The normalized spacial score (nSPS) is 14.4. The number of hydrogen-bond donors (Lipinski definition) is 3. The molecule has 8 nitrogen and oxygen atoms in total. The highest BCUT2D eigenvalue weighted by Gasteiger charge is 2.13. The summed E-state index contributed by atoms with van der Waals surface area (Å²) >= 11 is 0. The maximum atomic E-state index is 10.6. The minimum Gasteiger partial charge on any atom is -0.746 e. The Morgan fingerprint density at radius 3 is 2.62 bits per heavy atom. The van der Waals surface area contributed by atoms with E-state index >= 15 is 0 Å². The lowest BCUT2D eigenvalue weighted by molar-refractivity contribution is -0.219. The van der Waals surface area contributed by atoms with Crippen LogP contribution in [0, 0.1) is 5.41 Å². The van der Waals surface area contributed by atoms with Gasteiger partial charge in [0.1, 0.15) is 6.54 Å². The van der Waals surface area contributed by atoms with Crippen LogP contribution in [0.5, 0.6) is 0 Å². The number of phosphoric acid groups is 1. The van der Waals surface area contributed by atoms with Crippen molar-refractivity contribution in [3.8, 4) is 0 Å². The predicted octanol–water partition coefficient (Wildman–Crippen LogP) is -2.18. The van der Waals surface area contributed by atoms with Crippen LogP contribution in [0.2, 0.25) is 0 Å². The molecule has 1 atom stereocenters. The highest BCUT2D eigenvalue weighted by atomic mass is 31.2. The van der Waals surface area contributed by atoms with Crippen molar-refractivity contribution in [3.63, 3.8) is 0 Å². The average molecular weight is 210 g/mol. The third-order valence-corrected chi connectivity index (χ3v) is 1.43. The fourth-order valence-corrected chi connectivity index (χ4v) is 0.751. The molecule has 0 aromatic carbocycles. The summed E-state index contributed by atoms with van der Waals surface area (Å²) in [4.78, 5) is 29.7. The van der Waals surface area contributed by atoms with Gasteiger partial charge in [0.25, 0.3) is 0 Å². The van der Waals surface area contributed by atoms with Gasteiger partial charge >= 0.3 is 13.8 Å². The fraction of sp³-hybridized carbons (Fsp3) is 0.500. The second-order valence-corrected chi connectivity index (χ2v) is 3.29. The van der Waals surface area contributed by atoms with Gasteiger partial charge in [-0.05, 0) is 0 Å². The highest BCUT2D eigenvalue weighted by molar-refractivity contribution is 7.45. The molecule has 0 aromatic heterocycles. The molecule has 0 rings (SSSR count). The molecule has 0 spiro atoms. The van der Waals surface area contributed by atoms with Crippen molar-refractivity contribution in [1.82, 2.24) is 4.90 Å². The van der Waals surface area contributed by atoms with Crippen LogP contribution >= 0.6 is 7.82 Å². The molecular formula is C4H9N3O5P-. The van der Waals surface area contributed by atoms with Gasteiger partial charge in [-0.15, -0.1) is 0 Å². The van der Waals surface area contributed by atoms with Crippen LogP contribution in [0.4, 0.5) is 0 Å². The van der Waals surface area contributed by atoms with Gasteiger partial charge in [-0.25, -0.2) is 4.79 Å². The minimum atomic E-state index is -5.05. The Balaban J connectivity index is 4.03. The van der Waals surface area contributed by atoms with E-state index < -0.39 is 26.3 Å². The molecule has 13 heavy (non-hydrogen) atoms. The Hall–Kier alpha value is -1.11. The zero-order valence-electron chi connectivity index (χ0n) is 6.76. The van der Waals surface area contributed by atoms with E-state index in [1.165, 1.54) is 7.05 Å². The van der Waals surface area contributed by atoms with Crippen molar-refractivity contribution in [2.45, 2.75) is 0 Å². The first-order valence-corrected chi connectivity index (χ1v) is 4.53. The number of phosphoric ester groups is 1. The molecule has 0 fully saturated rings. The number of carbonyl (C=O) groups is 1. The molecule has 0 aromatic rings. The monoisotopic (exact) mass is 210 g/mol. The van der Waals surface area contributed by atoms with Crippen molar-refractivity contribution in [2.24, 2.45) is 5.73 Å². The smallest absolute Gasteiger partial charge is 0.331 e. The molecule has 0 bridgehead atoms. The first kappa shape index (κ1) is 11.9. The number of nitrogens with two attached hydrogens (primary N) is 1. The lowest BCUT2D eigenvalue weighted by Gasteiger charge is -2.19. The van der Waals surface area contributed by atoms with Crippen molar-refractivity contribution in [1.29, 1.82) is 5.41 Å². The number of hydrogen-bond acceptors (Lipinski definition) is 5. The molecule has 9 heteroatoms. The molecule has 4 N–H and O–H groups in total. The van der Waals surface area contributed by atoms with Gasteiger partial charge in [0.15, 0.2) is 5.96 Å². The Kier molecular flexibility index (Phi) is 3.86. The van der Waals surface area contributed by atoms with E-state index in [1.54, 1.807) is 0 Å². The molecule has 0 radical (unpaired) electrons. The Morgan fingerprint density at radius 1 is 1.85 bits per heavy atom. The topological polar surface area (TPSA) is 140 Å². The summed E-state index contributed by atoms with van der Waals surface area (Å²) in [5.74, 6) is -1.63. The molecule has 0 aliphatic carbocycles. The zero-order chi connectivity index (χ0) is 10.6. The highest BCUT2D eigenvalue weighted by Crippen LogP contribution is 2.30. The molecule has 0 amide bonds. The molecule has 0 saturated carbocycles. The van der Waals surface area contributed by atoms with E-state index in [0.717, 1.165) is 4.90 Å². The van der Waals surface area contributed by atoms with Gasteiger partial charge in [-0.3, -0.25) is 9.97 Å². The van der Waals surface area contributed by atoms with Crippen LogP contribution in [0.15, 0.2) is 0 Å². The Morgan fingerprint density at radius 2 is 2.31 bits per heavy atom. The van der Waals surface area contributed by atoms with E-state index in [9.17, 15) is 14.3 Å². The SMILES string of the molecule is CN(CC(=O)OP(=O)([O-])O)C(=N)N. The largest absolute Gasteiger partial charge is 0.746 e. The molecule has 0 aliphatic rings. The molecule has 76 valence electrons. The van der Waals surface area contributed by atoms with Gasteiger partial charge in [0.2, 0.25) is 0 Å². The summed E-state index contributed by atoms with van der Waals surface area (Å²) in [7, 11) is -3.76. The van der Waals surface area contributed by atoms with Crippen LogP contribution in [0.25, 0.3) is 0 Å². The second-order valence-electron chi connectivity index (χ2n) is 2.17. The van der Waals surface area contributed by atoms with Gasteiger partial charge in [0, 0.05) is 7.05 Å². The predicted molar refractivity (Wildman–Crippen MR) is 40.5 cm³/mol. The second kappa shape index (κ2) is 4.22. The molecule has 0 heterocycles. The van der Waals surface area contributed by atoms with Crippen molar-refractivity contribution >= 4 is 19.8 Å². The molecule has 1 unspecified atom stereocenters. The summed E-state index contributed by atoms with van der Waals surface area (Å²) in [6.45, 7) is -0.526. The number of likely N-dealkylation sites (N-methyl/N-ethyl adjacent to an activating group) is 1. The number of guanidine groups is 1. The van der Waals surface area contributed by atoms with Gasteiger partial charge in [-0.2, -0.15) is 0 Å². The summed E-state index contributed by atoms with van der Waals surface area (Å²) < 4.78 is 13.6. The first-order valence-electron chi connectivity index (χ1n) is 3.04. The maximum Gasteiger partial charge on any atom is 0.331 e. The van der Waals surface area contributed by atoms with E-state index in [2.05, 4.69) is 4.52 Å². The number of nitrogens with one attached hydrogen (secondary N) is 1. The van der Waals surface area contributed by atoms with Crippen molar-refractivity contribution in [2.75, 3.05) is 13.6 Å². The first-order chi connectivity index (χ1) is 5.72. The average Bonchev–Trinajstić information content (AvgIpc) is 1.81.